The first-order valence-corrected chi connectivity index (χ1v) is 12.2. The fourth-order valence-corrected chi connectivity index (χ4v) is 4.85. The molecule has 0 aliphatic heterocycles. The minimum atomic E-state index is -0.224. The van der Waals surface area contributed by atoms with Crippen molar-refractivity contribution in [3.8, 4) is 38.8 Å². The van der Waals surface area contributed by atoms with E-state index in [9.17, 15) is 4.39 Å². The van der Waals surface area contributed by atoms with Gasteiger partial charge in [-0.1, -0.05) is 0 Å². The predicted molar refractivity (Wildman–Crippen MR) is 140 cm³/mol. The van der Waals surface area contributed by atoms with Crippen molar-refractivity contribution < 1.29 is 9.13 Å². The summed E-state index contributed by atoms with van der Waals surface area (Å²) in [5, 5.41) is 9.28. The highest BCUT2D eigenvalue weighted by atomic mass is 32.1. The topological polar surface area (TPSA) is 95.6 Å². The van der Waals surface area contributed by atoms with Gasteiger partial charge in [0.05, 0.1) is 41.0 Å². The van der Waals surface area contributed by atoms with Crippen molar-refractivity contribution in [2.75, 3.05) is 27.2 Å². The zero-order valence-corrected chi connectivity index (χ0v) is 20.4. The molecule has 0 spiro atoms. The number of ether oxygens (including phenoxy) is 1. The number of aromatic nitrogens is 6. The minimum Gasteiger partial charge on any atom is -0.491 e. The molecule has 6 aromatic heterocycles. The lowest BCUT2D eigenvalue weighted by Crippen LogP contribution is -2.19. The average Bonchev–Trinajstić information content (AvgIpc) is 3.61. The normalized spacial score (nSPS) is 11.7. The molecular weight excluding hydrogens is 477 g/mol. The van der Waals surface area contributed by atoms with Gasteiger partial charge < -0.3 is 14.6 Å². The molecule has 0 amide bonds. The number of halogens is 1. The van der Waals surface area contributed by atoms with Gasteiger partial charge in [-0.25, -0.2) is 0 Å². The zero-order valence-electron chi connectivity index (χ0n) is 19.6. The van der Waals surface area contributed by atoms with E-state index in [1.165, 1.54) is 6.07 Å². The van der Waals surface area contributed by atoms with Crippen molar-refractivity contribution in [2.45, 2.75) is 0 Å². The average molecular weight is 500 g/mol. The van der Waals surface area contributed by atoms with Crippen molar-refractivity contribution in [3.63, 3.8) is 0 Å². The van der Waals surface area contributed by atoms with Gasteiger partial charge in [-0.3, -0.25) is 20.1 Å². The smallest absolute Gasteiger partial charge is 0.176 e. The summed E-state index contributed by atoms with van der Waals surface area (Å²) in [6, 6.07) is 9.21. The summed E-state index contributed by atoms with van der Waals surface area (Å²) in [6.45, 7) is 1.39. The van der Waals surface area contributed by atoms with Crippen LogP contribution in [-0.2, 0) is 0 Å². The van der Waals surface area contributed by atoms with Gasteiger partial charge in [-0.05, 0) is 44.4 Å². The number of H-pyrrole nitrogens is 2. The highest BCUT2D eigenvalue weighted by molar-refractivity contribution is 7.14. The van der Waals surface area contributed by atoms with Crippen molar-refractivity contribution in [1.29, 1.82) is 0 Å². The third-order valence-corrected chi connectivity index (χ3v) is 6.81. The number of thiophene rings is 1. The standard InChI is InChI=1S/C26H22FN7OS/c1-34(2)5-6-35-16-7-15(10-28-11-16)20-9-18-23(14-30-20)32-33-26(18)21-8-17-19(12-29-13-22(17)31-21)24-3-4-25(27)36-24/h3-4,7-14,31H,5-6H2,1-2H3,(H,32,33). The molecule has 0 bridgehead atoms. The molecule has 6 heterocycles. The van der Waals surface area contributed by atoms with Gasteiger partial charge >= 0.3 is 0 Å². The summed E-state index contributed by atoms with van der Waals surface area (Å²) < 4.78 is 19.5. The van der Waals surface area contributed by atoms with Gasteiger partial charge in [0, 0.05) is 45.7 Å². The second kappa shape index (κ2) is 9.14. The van der Waals surface area contributed by atoms with Crippen LogP contribution in [0.3, 0.4) is 0 Å². The van der Waals surface area contributed by atoms with Crippen LogP contribution >= 0.6 is 11.3 Å². The van der Waals surface area contributed by atoms with Gasteiger partial charge in [0.15, 0.2) is 5.13 Å². The lowest BCUT2D eigenvalue weighted by molar-refractivity contribution is 0.261. The Morgan fingerprint density at radius 2 is 1.86 bits per heavy atom. The highest BCUT2D eigenvalue weighted by Gasteiger charge is 2.16. The Balaban J connectivity index is 1.37. The third kappa shape index (κ3) is 4.21. The Morgan fingerprint density at radius 3 is 2.69 bits per heavy atom. The molecule has 8 nitrogen and oxygen atoms in total. The molecule has 180 valence electrons. The summed E-state index contributed by atoms with van der Waals surface area (Å²) >= 11 is 1.10. The molecule has 6 rings (SSSR count). The number of nitrogens with zero attached hydrogens (tertiary/aromatic N) is 5. The molecule has 0 aromatic carbocycles. The second-order valence-corrected chi connectivity index (χ2v) is 9.72. The van der Waals surface area contributed by atoms with Crippen LogP contribution in [0.1, 0.15) is 0 Å². The van der Waals surface area contributed by atoms with Crippen molar-refractivity contribution in [1.82, 2.24) is 35.0 Å². The molecule has 0 saturated heterocycles. The number of rotatable bonds is 7. The highest BCUT2D eigenvalue weighted by Crippen LogP contribution is 2.36. The number of pyridine rings is 3. The van der Waals surface area contributed by atoms with Gasteiger partial charge in [0.1, 0.15) is 18.1 Å². The molecule has 36 heavy (non-hydrogen) atoms. The molecule has 0 saturated carbocycles. The maximum absolute atomic E-state index is 13.7. The summed E-state index contributed by atoms with van der Waals surface area (Å²) in [5.41, 5.74) is 5.77. The molecule has 6 aromatic rings. The van der Waals surface area contributed by atoms with Crippen LogP contribution in [0.2, 0.25) is 0 Å². The Kier molecular flexibility index (Phi) is 5.67. The predicted octanol–water partition coefficient (Wildman–Crippen LogP) is 5.37. The number of hydrogen-bond acceptors (Lipinski definition) is 7. The first-order valence-electron chi connectivity index (χ1n) is 11.3. The van der Waals surface area contributed by atoms with Crippen LogP contribution in [0.5, 0.6) is 5.75 Å². The Labute approximate surface area is 209 Å². The molecule has 0 unspecified atom stereocenters. The van der Waals surface area contributed by atoms with Gasteiger partial charge in [0.2, 0.25) is 0 Å². The fraction of sp³-hybridized carbons (Fsp3) is 0.154. The van der Waals surface area contributed by atoms with E-state index >= 15 is 0 Å². The van der Waals surface area contributed by atoms with E-state index in [0.717, 1.165) is 72.8 Å². The van der Waals surface area contributed by atoms with Gasteiger partial charge in [-0.15, -0.1) is 11.3 Å². The first-order chi connectivity index (χ1) is 17.5. The lowest BCUT2D eigenvalue weighted by atomic mass is 10.1. The molecule has 0 fully saturated rings. The molecule has 10 heteroatoms. The molecule has 0 radical (unpaired) electrons. The third-order valence-electron chi connectivity index (χ3n) is 5.90. The van der Waals surface area contributed by atoms with Crippen LogP contribution in [0, 0.1) is 5.13 Å². The second-order valence-electron chi connectivity index (χ2n) is 8.68. The largest absolute Gasteiger partial charge is 0.491 e. The lowest BCUT2D eigenvalue weighted by Gasteiger charge is -2.11. The summed E-state index contributed by atoms with van der Waals surface area (Å²) in [7, 11) is 4.01. The molecule has 2 N–H and O–H groups in total. The monoisotopic (exact) mass is 499 g/mol. The SMILES string of the molecule is CN(C)CCOc1cncc(-c2cc3c(-c4cc5c(-c6ccc(F)s6)cncc5[nH]4)n[nH]c3cn2)c1. The van der Waals surface area contributed by atoms with Crippen molar-refractivity contribution >= 4 is 33.1 Å². The maximum Gasteiger partial charge on any atom is 0.176 e. The van der Waals surface area contributed by atoms with E-state index in [4.69, 9.17) is 4.74 Å². The van der Waals surface area contributed by atoms with Crippen molar-refractivity contribution in [2.24, 2.45) is 0 Å². The number of fused-ring (bicyclic) bond motifs is 2. The van der Waals surface area contributed by atoms with E-state index in [1.54, 1.807) is 37.1 Å². The molecule has 0 aliphatic carbocycles. The van der Waals surface area contributed by atoms with Crippen LogP contribution in [0.25, 0.3) is 54.9 Å². The van der Waals surface area contributed by atoms with Crippen LogP contribution in [0.15, 0.2) is 61.3 Å². The zero-order chi connectivity index (χ0) is 24.6. The fourth-order valence-electron chi connectivity index (χ4n) is 4.10. The Hall–Kier alpha value is -4.15. The van der Waals surface area contributed by atoms with E-state index in [-0.39, 0.29) is 5.13 Å². The summed E-state index contributed by atoms with van der Waals surface area (Å²) in [5.74, 6) is 0.698. The number of nitrogens with one attached hydrogen (secondary N) is 2. The first kappa shape index (κ1) is 22.3. The van der Waals surface area contributed by atoms with Crippen LogP contribution < -0.4 is 4.74 Å². The van der Waals surface area contributed by atoms with Crippen LogP contribution in [0.4, 0.5) is 4.39 Å². The number of aromatic amines is 2. The minimum absolute atomic E-state index is 0.224. The van der Waals surface area contributed by atoms with E-state index in [0.29, 0.717) is 12.4 Å². The van der Waals surface area contributed by atoms with Crippen molar-refractivity contribution in [3.05, 3.63) is 66.4 Å². The van der Waals surface area contributed by atoms with Crippen LogP contribution in [-0.4, -0.2) is 62.3 Å². The van der Waals surface area contributed by atoms with E-state index < -0.39 is 0 Å². The maximum atomic E-state index is 13.7. The van der Waals surface area contributed by atoms with Gasteiger partial charge in [0.25, 0.3) is 0 Å². The number of likely N-dealkylation sites (N-methyl/N-ethyl adjacent to an activating group) is 1. The molecule has 0 aliphatic rings. The Bertz CT molecular complexity index is 1690. The Morgan fingerprint density at radius 1 is 0.972 bits per heavy atom. The van der Waals surface area contributed by atoms with E-state index in [2.05, 4.69) is 35.0 Å². The molecular formula is C26H22FN7OS. The number of hydrogen-bond donors (Lipinski definition) is 2. The van der Waals surface area contributed by atoms with E-state index in [1.807, 2.05) is 32.3 Å². The quantitative estimate of drug-likeness (QED) is 0.307. The summed E-state index contributed by atoms with van der Waals surface area (Å²) in [4.78, 5) is 19.6. The summed E-state index contributed by atoms with van der Waals surface area (Å²) in [6.07, 6.45) is 8.77. The molecule has 0 atom stereocenters. The van der Waals surface area contributed by atoms with Gasteiger partial charge in [-0.2, -0.15) is 9.49 Å².